The van der Waals surface area contributed by atoms with Gasteiger partial charge in [0.05, 0.1) is 30.2 Å². The van der Waals surface area contributed by atoms with Crippen molar-refractivity contribution < 1.29 is 42.6 Å². The maximum atomic E-state index is 14.1. The fourth-order valence-corrected chi connectivity index (χ4v) is 9.88. The summed E-state index contributed by atoms with van der Waals surface area (Å²) in [6.07, 6.45) is 2.45. The van der Waals surface area contributed by atoms with E-state index in [-0.39, 0.29) is 47.2 Å². The number of fused-ring (bicyclic) bond motifs is 1. The Hall–Kier alpha value is -2.65. The van der Waals surface area contributed by atoms with Crippen LogP contribution in [0.3, 0.4) is 0 Å². The number of amides is 2. The largest absolute Gasteiger partial charge is 0.458 e. The van der Waals surface area contributed by atoms with Crippen LogP contribution >= 0.6 is 11.3 Å². The molecule has 0 spiro atoms. The number of Topliss-reactive ketones (excluding diaryl/α,β-unsaturated/α-hetero) is 1. The zero-order valence-corrected chi connectivity index (χ0v) is 43.0. The summed E-state index contributed by atoms with van der Waals surface area (Å²) in [5.74, 6) is -0.0509. The van der Waals surface area contributed by atoms with Crippen molar-refractivity contribution in [3.05, 3.63) is 21.7 Å². The molecule has 2 amide bonds. The molecule has 2 aliphatic rings. The lowest BCUT2D eigenvalue weighted by Crippen LogP contribution is -2.45. The van der Waals surface area contributed by atoms with Gasteiger partial charge in [-0.2, -0.15) is 0 Å². The molecule has 1 aromatic rings. The molecule has 2 saturated heterocycles. The van der Waals surface area contributed by atoms with E-state index >= 15 is 0 Å². The monoisotopic (exact) mass is 892 g/mol. The summed E-state index contributed by atoms with van der Waals surface area (Å²) in [7, 11) is -0.417. The summed E-state index contributed by atoms with van der Waals surface area (Å²) < 4.78 is 30.1. The Kier molecular flexibility index (Phi) is 17.3. The van der Waals surface area contributed by atoms with E-state index < -0.39 is 55.3 Å². The van der Waals surface area contributed by atoms with E-state index in [1.165, 1.54) is 11.3 Å². The van der Waals surface area contributed by atoms with Gasteiger partial charge >= 0.3 is 18.2 Å². The van der Waals surface area contributed by atoms with Gasteiger partial charge in [-0.3, -0.25) is 14.5 Å². The topological polar surface area (TPSA) is 134 Å². The molecule has 2 aliphatic heterocycles. The number of ether oxygens (including phenoxy) is 4. The maximum absolute atomic E-state index is 14.1. The minimum Gasteiger partial charge on any atom is -0.458 e. The highest BCUT2D eigenvalue weighted by atomic mass is 32.1. The van der Waals surface area contributed by atoms with Crippen molar-refractivity contribution >= 4 is 49.7 Å². The van der Waals surface area contributed by atoms with Gasteiger partial charge in [0.2, 0.25) is 0 Å². The zero-order chi connectivity index (χ0) is 46.7. The Balaban J connectivity index is 2.02. The van der Waals surface area contributed by atoms with Crippen molar-refractivity contribution in [1.82, 2.24) is 14.8 Å². The highest BCUT2D eigenvalue weighted by Gasteiger charge is 2.58. The fraction of sp³-hybridized carbons (Fsp3) is 0.809. The van der Waals surface area contributed by atoms with E-state index in [9.17, 15) is 19.2 Å². The molecule has 348 valence electrons. The molecule has 61 heavy (non-hydrogen) atoms. The van der Waals surface area contributed by atoms with Gasteiger partial charge in [0, 0.05) is 49.6 Å². The molecule has 1 unspecified atom stereocenters. The van der Waals surface area contributed by atoms with Crippen molar-refractivity contribution in [3.63, 3.8) is 0 Å². The minimum atomic E-state index is -1.97. The van der Waals surface area contributed by atoms with Crippen molar-refractivity contribution in [2.75, 3.05) is 20.3 Å². The molecule has 0 aliphatic carbocycles. The Morgan fingerprint density at radius 3 is 2.10 bits per heavy atom. The molecule has 12 nitrogen and oxygen atoms in total. The number of hydrogen-bond donors (Lipinski definition) is 0. The van der Waals surface area contributed by atoms with Crippen LogP contribution in [-0.2, 0) is 39.5 Å². The number of methoxy groups -OCH3 is 1. The summed E-state index contributed by atoms with van der Waals surface area (Å²) >= 11 is 1.30. The van der Waals surface area contributed by atoms with Crippen LogP contribution < -0.4 is 0 Å². The number of nitrogens with zero attached hydrogens (tertiary/aromatic N) is 3. The number of carbonyl (C=O) groups excluding carboxylic acids is 4. The molecule has 0 saturated carbocycles. The quantitative estimate of drug-likeness (QED) is 0.101. The average Bonchev–Trinajstić information content (AvgIpc) is 3.39. The number of carbonyl (C=O) groups is 4. The molecule has 8 atom stereocenters. The lowest BCUT2D eigenvalue weighted by molar-refractivity contribution is -0.155. The normalized spacial score (nSPS) is 28.7. The molecule has 0 bridgehead atoms. The average molecular weight is 892 g/mol. The molecule has 14 heteroatoms. The van der Waals surface area contributed by atoms with Crippen LogP contribution in [0.5, 0.6) is 0 Å². The third-order valence-corrected chi connectivity index (χ3v) is 18.9. The first-order valence-corrected chi connectivity index (χ1v) is 26.1. The minimum absolute atomic E-state index is 0.0757. The Labute approximate surface area is 373 Å². The van der Waals surface area contributed by atoms with Crippen molar-refractivity contribution in [3.8, 4) is 0 Å². The lowest BCUT2D eigenvalue weighted by atomic mass is 9.70. The Morgan fingerprint density at radius 1 is 1.00 bits per heavy atom. The third-order valence-electron chi connectivity index (χ3n) is 13.5. The molecule has 2 fully saturated rings. The van der Waals surface area contributed by atoms with Crippen LogP contribution in [0, 0.1) is 23.2 Å². The van der Waals surface area contributed by atoms with Crippen LogP contribution in [0.4, 0.5) is 9.59 Å². The summed E-state index contributed by atoms with van der Waals surface area (Å²) in [6.45, 7) is 37.5. The van der Waals surface area contributed by atoms with Crippen molar-refractivity contribution in [1.29, 1.82) is 0 Å². The second-order valence-corrected chi connectivity index (χ2v) is 27.8. The molecular weight excluding hydrogens is 811 g/mol. The molecule has 3 rings (SSSR count). The van der Waals surface area contributed by atoms with Gasteiger partial charge in [-0.05, 0) is 103 Å². The van der Waals surface area contributed by atoms with Gasteiger partial charge in [-0.1, -0.05) is 68.2 Å². The van der Waals surface area contributed by atoms with E-state index in [1.54, 1.807) is 48.7 Å². The van der Waals surface area contributed by atoms with Gasteiger partial charge < -0.3 is 23.4 Å². The van der Waals surface area contributed by atoms with Gasteiger partial charge in [0.25, 0.3) is 0 Å². The smallest absolute Gasteiger partial charge is 0.420 e. The summed E-state index contributed by atoms with van der Waals surface area (Å²) in [4.78, 5) is 62.8. The number of hydrogen-bond acceptors (Lipinski definition) is 12. The highest BCUT2D eigenvalue weighted by Crippen LogP contribution is 2.49. The first kappa shape index (κ1) is 52.7. The first-order chi connectivity index (χ1) is 27.7. The van der Waals surface area contributed by atoms with E-state index in [4.69, 9.17) is 28.4 Å². The number of thiazole rings is 1. The number of rotatable bonds is 9. The molecule has 1 aromatic heterocycles. The zero-order valence-electron chi connectivity index (χ0n) is 41.2. The summed E-state index contributed by atoms with van der Waals surface area (Å²) in [5.41, 5.74) is -1.30. The lowest BCUT2D eigenvalue weighted by Gasteiger charge is -2.36. The molecule has 0 N–H and O–H groups in total. The Morgan fingerprint density at radius 2 is 1.57 bits per heavy atom. The number of esters is 1. The van der Waals surface area contributed by atoms with Gasteiger partial charge in [0.15, 0.2) is 8.32 Å². The number of imide groups is 1. The second-order valence-electron chi connectivity index (χ2n) is 22.0. The first-order valence-electron chi connectivity index (χ1n) is 22.3. The maximum Gasteiger partial charge on any atom is 0.420 e. The van der Waals surface area contributed by atoms with Crippen LogP contribution in [-0.4, -0.2) is 102 Å². The number of aromatic nitrogens is 1. The van der Waals surface area contributed by atoms with E-state index in [0.29, 0.717) is 29.6 Å². The van der Waals surface area contributed by atoms with Crippen LogP contribution in [0.2, 0.25) is 18.1 Å². The molecule has 0 radical (unpaired) electrons. The van der Waals surface area contributed by atoms with Crippen LogP contribution in [0.25, 0.3) is 6.08 Å². The third kappa shape index (κ3) is 14.2. The summed E-state index contributed by atoms with van der Waals surface area (Å²) in [6, 6.07) is 0.134. The predicted molar refractivity (Wildman–Crippen MR) is 246 cm³/mol. The van der Waals surface area contributed by atoms with E-state index in [1.807, 2.05) is 39.2 Å². The van der Waals surface area contributed by atoms with Crippen molar-refractivity contribution in [2.45, 2.75) is 203 Å². The van der Waals surface area contributed by atoms with Gasteiger partial charge in [-0.25, -0.2) is 19.5 Å². The highest BCUT2D eigenvalue weighted by molar-refractivity contribution is 7.09. The van der Waals surface area contributed by atoms with Gasteiger partial charge in [0.1, 0.15) is 28.1 Å². The number of ketones is 1. The fourth-order valence-electron chi connectivity index (χ4n) is 8.10. The molecule has 3 heterocycles. The van der Waals surface area contributed by atoms with Crippen molar-refractivity contribution in [2.24, 2.45) is 23.2 Å². The predicted octanol–water partition coefficient (Wildman–Crippen LogP) is 11.1. The summed E-state index contributed by atoms with van der Waals surface area (Å²) in [5, 5.41) is 2.45. The Bertz CT molecular complexity index is 1690. The van der Waals surface area contributed by atoms with Crippen LogP contribution in [0.15, 0.2) is 11.0 Å². The van der Waals surface area contributed by atoms with Gasteiger partial charge in [-0.15, -0.1) is 11.3 Å². The van der Waals surface area contributed by atoms with E-state index in [0.717, 1.165) is 36.3 Å². The number of cyclic esters (lactones) is 1. The molecule has 0 aromatic carbocycles. The standard InChI is InChI=1S/C47H81N3O9SSi/c1-30-21-20-22-47(16)36(50(47)23-24-56-61(18,19)45(11,12)13)26-35(57-39(51)27-37(55-17)46(14,15)40(52)33(4)32(30)3)31(2)25-34-29-60-38(48-34)28-49(41(53)58-43(5,6)7)42(54)59-44(8,9)10/h25,29-30,32-33,35-37H,20-24,26-28H2,1-19H3/b31-25+/t30-,32-,33+,35-,36-,37-,47+,50?/m0/s1. The molecular formula is C47H81N3O9SSi. The SMILES string of the molecule is CO[C@H]1CC(=O)O[C@H](/C(C)=C/c2csc(CN(C(=O)OC(C)(C)C)C(=O)OC(C)(C)C)n2)C[C@@H]2N(CCO[Si](C)(C)C(C)(C)C)[C@]2(C)CCC[C@H](C)[C@H](C)[C@@H](C)C(=O)C1(C)C. The second kappa shape index (κ2) is 20.0. The van der Waals surface area contributed by atoms with E-state index in [2.05, 4.69) is 59.5 Å². The van der Waals surface area contributed by atoms with Crippen LogP contribution in [0.1, 0.15) is 154 Å².